The molecule has 0 aliphatic heterocycles. The molecule has 1 aromatic heterocycles. The van der Waals surface area contributed by atoms with Crippen LogP contribution in [0.25, 0.3) is 5.69 Å². The Kier molecular flexibility index (Phi) is 6.18. The average molecular weight is 406 g/mol. The molecular weight excluding hydrogens is 389 g/mol. The van der Waals surface area contributed by atoms with Crippen molar-refractivity contribution in [3.8, 4) is 5.69 Å². The van der Waals surface area contributed by atoms with E-state index in [2.05, 4.69) is 10.4 Å². The Balaban J connectivity index is 1.57. The second-order valence-electron chi connectivity index (χ2n) is 5.52. The molecule has 2 aromatic carbocycles. The van der Waals surface area contributed by atoms with E-state index in [1.807, 2.05) is 31.2 Å². The molecule has 1 amide bonds. The molecule has 134 valence electrons. The minimum absolute atomic E-state index is 0.108. The summed E-state index contributed by atoms with van der Waals surface area (Å²) in [5.41, 5.74) is 2.88. The van der Waals surface area contributed by atoms with E-state index in [4.69, 9.17) is 12.2 Å². The third-order valence-electron chi connectivity index (χ3n) is 3.60. The molecule has 8 heteroatoms. The van der Waals surface area contributed by atoms with Crippen molar-refractivity contribution in [2.75, 3.05) is 5.75 Å². The second-order valence-corrected chi connectivity index (χ2v) is 8.37. The monoisotopic (exact) mass is 405 g/mol. The fraction of sp³-hybridized carbons (Fsp3) is 0.167. The van der Waals surface area contributed by atoms with Gasteiger partial charge in [-0.1, -0.05) is 53.4 Å². The van der Waals surface area contributed by atoms with E-state index in [0.717, 1.165) is 21.2 Å². The zero-order valence-corrected chi connectivity index (χ0v) is 16.4. The number of aromatic nitrogens is 2. The van der Waals surface area contributed by atoms with Crippen molar-refractivity contribution in [1.82, 2.24) is 15.1 Å². The van der Waals surface area contributed by atoms with Crippen LogP contribution in [-0.2, 0) is 11.3 Å². The van der Waals surface area contributed by atoms with Crippen LogP contribution in [0.1, 0.15) is 11.1 Å². The van der Waals surface area contributed by atoms with Crippen LogP contribution in [0.3, 0.4) is 0 Å². The first kappa shape index (κ1) is 18.8. The van der Waals surface area contributed by atoms with Gasteiger partial charge in [-0.25, -0.2) is 9.07 Å². The number of halogens is 1. The molecule has 3 rings (SSSR count). The van der Waals surface area contributed by atoms with Crippen LogP contribution in [0.4, 0.5) is 4.39 Å². The quantitative estimate of drug-likeness (QED) is 0.484. The smallest absolute Gasteiger partial charge is 0.230 e. The normalized spacial score (nSPS) is 10.7. The minimum atomic E-state index is -0.291. The Hall–Kier alpha value is -2.03. The molecule has 0 bridgehead atoms. The van der Waals surface area contributed by atoms with Crippen molar-refractivity contribution >= 4 is 41.2 Å². The Morgan fingerprint density at radius 1 is 1.27 bits per heavy atom. The summed E-state index contributed by atoms with van der Waals surface area (Å²) >= 11 is 8.13. The molecule has 0 spiro atoms. The van der Waals surface area contributed by atoms with Crippen molar-refractivity contribution in [1.29, 1.82) is 0 Å². The summed E-state index contributed by atoms with van der Waals surface area (Å²) in [6.45, 7) is 2.37. The number of thioether (sulfide) groups is 1. The van der Waals surface area contributed by atoms with Gasteiger partial charge < -0.3 is 5.32 Å². The van der Waals surface area contributed by atoms with Crippen LogP contribution in [0.15, 0.2) is 52.9 Å². The van der Waals surface area contributed by atoms with Crippen LogP contribution in [0, 0.1) is 16.7 Å². The largest absolute Gasteiger partial charge is 0.351 e. The number of amides is 1. The van der Waals surface area contributed by atoms with Crippen LogP contribution in [0.2, 0.25) is 0 Å². The number of nitrogens with one attached hydrogen (secondary N) is 1. The number of aryl methyl sites for hydroxylation is 1. The Labute approximate surface area is 164 Å². The van der Waals surface area contributed by atoms with Gasteiger partial charge >= 0.3 is 0 Å². The summed E-state index contributed by atoms with van der Waals surface area (Å²) in [6.07, 6.45) is 0. The predicted molar refractivity (Wildman–Crippen MR) is 106 cm³/mol. The molecule has 26 heavy (non-hydrogen) atoms. The number of para-hydroxylation sites is 1. The Morgan fingerprint density at radius 3 is 2.73 bits per heavy atom. The summed E-state index contributed by atoms with van der Waals surface area (Å²) in [5.74, 6) is -0.152. The first-order valence-electron chi connectivity index (χ1n) is 7.83. The molecule has 4 nitrogen and oxygen atoms in total. The highest BCUT2D eigenvalue weighted by Gasteiger charge is 2.10. The molecule has 0 fully saturated rings. The Bertz CT molecular complexity index is 966. The molecule has 1 N–H and O–H groups in total. The summed E-state index contributed by atoms with van der Waals surface area (Å²) < 4.78 is 16.0. The van der Waals surface area contributed by atoms with Crippen molar-refractivity contribution in [3.63, 3.8) is 0 Å². The maximum absolute atomic E-state index is 12.9. The van der Waals surface area contributed by atoms with E-state index < -0.39 is 0 Å². The van der Waals surface area contributed by atoms with Crippen LogP contribution in [0.5, 0.6) is 0 Å². The van der Waals surface area contributed by atoms with Crippen LogP contribution >= 0.6 is 35.3 Å². The zero-order chi connectivity index (χ0) is 18.5. The highest BCUT2D eigenvalue weighted by Crippen LogP contribution is 2.25. The lowest BCUT2D eigenvalue weighted by atomic mass is 10.2. The molecule has 0 saturated heterocycles. The lowest BCUT2D eigenvalue weighted by Crippen LogP contribution is -2.24. The first-order valence-corrected chi connectivity index (χ1v) is 10.0. The van der Waals surface area contributed by atoms with E-state index >= 15 is 0 Å². The summed E-state index contributed by atoms with van der Waals surface area (Å²) in [6, 6.07) is 13.9. The second kappa shape index (κ2) is 8.57. The van der Waals surface area contributed by atoms with E-state index in [9.17, 15) is 9.18 Å². The van der Waals surface area contributed by atoms with Crippen molar-refractivity contribution < 1.29 is 9.18 Å². The first-order chi connectivity index (χ1) is 12.5. The van der Waals surface area contributed by atoms with Gasteiger partial charge in [-0.2, -0.15) is 0 Å². The van der Waals surface area contributed by atoms with Gasteiger partial charge in [0.05, 0.1) is 11.4 Å². The summed E-state index contributed by atoms with van der Waals surface area (Å²) in [4.78, 5) is 12.0. The highest BCUT2D eigenvalue weighted by atomic mass is 32.2. The summed E-state index contributed by atoms with van der Waals surface area (Å²) in [7, 11) is 0. The van der Waals surface area contributed by atoms with Crippen LogP contribution < -0.4 is 5.32 Å². The number of hydrogen-bond acceptors (Lipinski definition) is 5. The van der Waals surface area contributed by atoms with E-state index in [1.165, 1.54) is 35.2 Å². The minimum Gasteiger partial charge on any atom is -0.351 e. The van der Waals surface area contributed by atoms with Gasteiger partial charge in [0.15, 0.2) is 8.29 Å². The molecule has 0 radical (unpaired) electrons. The fourth-order valence-corrected chi connectivity index (χ4v) is 4.43. The molecular formula is C18H16FN3OS3. The lowest BCUT2D eigenvalue weighted by Gasteiger charge is -2.05. The van der Waals surface area contributed by atoms with E-state index in [-0.39, 0.29) is 17.5 Å². The molecule has 1 heterocycles. The number of nitrogens with zero attached hydrogens (tertiary/aromatic N) is 2. The molecule has 3 aromatic rings. The highest BCUT2D eigenvalue weighted by molar-refractivity contribution is 8.01. The maximum atomic E-state index is 12.9. The Morgan fingerprint density at radius 2 is 2.00 bits per heavy atom. The fourth-order valence-electron chi connectivity index (χ4n) is 2.25. The van der Waals surface area contributed by atoms with Gasteiger partial charge in [0, 0.05) is 6.54 Å². The number of hydrogen-bond donors (Lipinski definition) is 1. The van der Waals surface area contributed by atoms with Gasteiger partial charge in [0.1, 0.15) is 5.82 Å². The zero-order valence-electron chi connectivity index (χ0n) is 13.9. The van der Waals surface area contributed by atoms with E-state index in [1.54, 1.807) is 16.8 Å². The number of carbonyl (C=O) groups excluding carboxylic acids is 1. The third kappa shape index (κ3) is 4.78. The maximum Gasteiger partial charge on any atom is 0.230 e. The van der Waals surface area contributed by atoms with Gasteiger partial charge in [-0.05, 0) is 48.5 Å². The number of rotatable bonds is 6. The lowest BCUT2D eigenvalue weighted by molar-refractivity contribution is -0.118. The topological polar surface area (TPSA) is 46.9 Å². The van der Waals surface area contributed by atoms with Gasteiger partial charge in [0.25, 0.3) is 0 Å². The number of benzene rings is 2. The third-order valence-corrected chi connectivity index (χ3v) is 5.97. The molecule has 0 aliphatic carbocycles. The average Bonchev–Trinajstić information content (AvgIpc) is 3.00. The molecule has 0 aliphatic rings. The van der Waals surface area contributed by atoms with Crippen molar-refractivity contribution in [2.45, 2.75) is 17.8 Å². The SMILES string of the molecule is Cc1ccccc1-n1nc(SCC(=O)NCc2ccc(F)cc2)sc1=S. The molecule has 0 saturated carbocycles. The van der Waals surface area contributed by atoms with Crippen molar-refractivity contribution in [3.05, 3.63) is 69.4 Å². The van der Waals surface area contributed by atoms with Gasteiger partial charge in [0.2, 0.25) is 5.91 Å². The standard InChI is InChI=1S/C18H16FN3OS3/c1-12-4-2-3-5-15(12)22-18(24)26-17(21-22)25-11-16(23)20-10-13-6-8-14(19)9-7-13/h2-9H,10-11H2,1H3,(H,20,23). The van der Waals surface area contributed by atoms with Gasteiger partial charge in [-0.3, -0.25) is 4.79 Å². The molecule has 0 unspecified atom stereocenters. The van der Waals surface area contributed by atoms with E-state index in [0.29, 0.717) is 10.5 Å². The van der Waals surface area contributed by atoms with Crippen molar-refractivity contribution in [2.24, 2.45) is 0 Å². The van der Waals surface area contributed by atoms with Gasteiger partial charge in [-0.15, -0.1) is 5.10 Å². The number of carbonyl (C=O) groups is 1. The predicted octanol–water partition coefficient (Wildman–Crippen LogP) is 4.52. The molecule has 0 atom stereocenters. The summed E-state index contributed by atoms with van der Waals surface area (Å²) in [5, 5.41) is 7.33. The van der Waals surface area contributed by atoms with Crippen LogP contribution in [-0.4, -0.2) is 21.4 Å².